The van der Waals surface area contributed by atoms with Crippen LogP contribution in [0.2, 0.25) is 0 Å². The van der Waals surface area contributed by atoms with Gasteiger partial charge in [-0.05, 0) is 28.7 Å². The van der Waals surface area contributed by atoms with Crippen molar-refractivity contribution in [3.05, 3.63) is 75.3 Å². The maximum atomic E-state index is 13.7. The number of carbonyl (C=O) groups excluding carboxylic acids is 2. The van der Waals surface area contributed by atoms with Gasteiger partial charge in [-0.1, -0.05) is 74.6 Å². The molecule has 2 heterocycles. The van der Waals surface area contributed by atoms with Crippen LogP contribution < -0.4 is 11.0 Å². The highest BCUT2D eigenvalue weighted by molar-refractivity contribution is 7.14. The lowest BCUT2D eigenvalue weighted by Gasteiger charge is -2.27. The van der Waals surface area contributed by atoms with E-state index in [4.69, 9.17) is 4.74 Å². The van der Waals surface area contributed by atoms with Gasteiger partial charge in [0.05, 0.1) is 12.8 Å². The molecule has 1 amide bonds. The molecule has 3 N–H and O–H groups in total. The minimum absolute atomic E-state index is 0.102. The maximum Gasteiger partial charge on any atom is 0.357 e. The van der Waals surface area contributed by atoms with Gasteiger partial charge < -0.3 is 15.2 Å². The lowest BCUT2D eigenvalue weighted by molar-refractivity contribution is -0.120. The number of fused-ring (bicyclic) bond motifs is 1. The number of thiazole rings is 1. The molecule has 38 heavy (non-hydrogen) atoms. The SMILES string of the molecule is COC(=O)c1csc(NC(=O)[C@H](CC2CCCCC2)n2c(Cc3ccc4ccccc4c3)c(O)[nH]c2=O)n1. The van der Waals surface area contributed by atoms with Gasteiger partial charge in [-0.2, -0.15) is 0 Å². The first-order valence-corrected chi connectivity index (χ1v) is 13.7. The number of ether oxygens (including phenoxy) is 1. The van der Waals surface area contributed by atoms with Crippen LogP contribution in [0, 0.1) is 5.92 Å². The number of rotatable bonds is 8. The summed E-state index contributed by atoms with van der Waals surface area (Å²) in [5.41, 5.74) is 0.829. The zero-order valence-electron chi connectivity index (χ0n) is 21.1. The number of anilines is 1. The average Bonchev–Trinajstić information content (AvgIpc) is 3.50. The van der Waals surface area contributed by atoms with Crippen molar-refractivity contribution < 1.29 is 19.4 Å². The molecule has 1 aliphatic carbocycles. The molecule has 0 saturated heterocycles. The second kappa shape index (κ2) is 11.2. The van der Waals surface area contributed by atoms with Crippen LogP contribution in [0.1, 0.15) is 66.3 Å². The summed E-state index contributed by atoms with van der Waals surface area (Å²) in [5, 5.41) is 17.4. The Balaban J connectivity index is 1.48. The Morgan fingerprint density at radius 2 is 1.95 bits per heavy atom. The fourth-order valence-corrected chi connectivity index (χ4v) is 5.98. The number of carbonyl (C=O) groups is 2. The lowest BCUT2D eigenvalue weighted by atomic mass is 9.84. The molecular weight excluding hydrogens is 504 g/mol. The van der Waals surface area contributed by atoms with E-state index in [0.29, 0.717) is 12.1 Å². The molecule has 1 fully saturated rings. The summed E-state index contributed by atoms with van der Waals surface area (Å²) in [7, 11) is 1.27. The van der Waals surface area contributed by atoms with Crippen LogP contribution in [0.3, 0.4) is 0 Å². The minimum Gasteiger partial charge on any atom is -0.493 e. The van der Waals surface area contributed by atoms with E-state index in [1.807, 2.05) is 42.5 Å². The van der Waals surface area contributed by atoms with Gasteiger partial charge in [0.2, 0.25) is 11.8 Å². The van der Waals surface area contributed by atoms with Crippen molar-refractivity contribution in [2.75, 3.05) is 12.4 Å². The number of H-pyrrole nitrogens is 1. The van der Waals surface area contributed by atoms with E-state index in [0.717, 1.165) is 53.4 Å². The molecule has 5 rings (SSSR count). The van der Waals surface area contributed by atoms with Gasteiger partial charge in [-0.25, -0.2) is 14.6 Å². The van der Waals surface area contributed by atoms with E-state index in [2.05, 4.69) is 15.3 Å². The Morgan fingerprint density at radius 3 is 2.71 bits per heavy atom. The van der Waals surface area contributed by atoms with Gasteiger partial charge in [0, 0.05) is 11.8 Å². The van der Waals surface area contributed by atoms with Crippen LogP contribution in [0.5, 0.6) is 5.88 Å². The van der Waals surface area contributed by atoms with Crippen LogP contribution in [0.4, 0.5) is 5.13 Å². The summed E-state index contributed by atoms with van der Waals surface area (Å²) in [6.07, 6.45) is 6.05. The van der Waals surface area contributed by atoms with Gasteiger partial charge in [-0.15, -0.1) is 11.3 Å². The molecule has 1 saturated carbocycles. The topological polar surface area (TPSA) is 126 Å². The van der Waals surface area contributed by atoms with Crippen molar-refractivity contribution >= 4 is 39.1 Å². The zero-order valence-corrected chi connectivity index (χ0v) is 21.9. The first-order valence-electron chi connectivity index (χ1n) is 12.8. The molecule has 198 valence electrons. The molecule has 1 atom stereocenters. The number of aromatic nitrogens is 3. The Kier molecular flexibility index (Phi) is 7.59. The van der Waals surface area contributed by atoms with Gasteiger partial charge in [-0.3, -0.25) is 14.3 Å². The van der Waals surface area contributed by atoms with Gasteiger partial charge in [0.15, 0.2) is 10.8 Å². The molecule has 0 spiro atoms. The first-order chi connectivity index (χ1) is 18.4. The van der Waals surface area contributed by atoms with Crippen LogP contribution in [-0.4, -0.2) is 38.6 Å². The number of methoxy groups -OCH3 is 1. The summed E-state index contributed by atoms with van der Waals surface area (Å²) >= 11 is 1.11. The van der Waals surface area contributed by atoms with Gasteiger partial charge >= 0.3 is 11.7 Å². The Hall–Kier alpha value is -3.92. The highest BCUT2D eigenvalue weighted by Crippen LogP contribution is 2.33. The second-order valence-electron chi connectivity index (χ2n) is 9.73. The first kappa shape index (κ1) is 25.7. The Bertz CT molecular complexity index is 1510. The lowest BCUT2D eigenvalue weighted by Crippen LogP contribution is -2.35. The molecule has 0 unspecified atom stereocenters. The number of amides is 1. The standard InChI is InChI=1S/C28H30N4O5S/c1-37-26(35)21-16-38-27(29-21)30-24(33)22(14-17-7-3-2-4-8-17)32-23(25(34)31-28(32)36)15-18-11-12-19-9-5-6-10-20(19)13-18/h5-6,9-13,16-17,22,34H,2-4,7-8,14-15H2,1H3,(H,31,36)(H,29,30,33)/t22-/m0/s1. The van der Waals surface area contributed by atoms with E-state index in [9.17, 15) is 19.5 Å². The van der Waals surface area contributed by atoms with Gasteiger partial charge in [0.25, 0.3) is 0 Å². The van der Waals surface area contributed by atoms with E-state index in [1.54, 1.807) is 0 Å². The monoisotopic (exact) mass is 534 g/mol. The van der Waals surface area contributed by atoms with Crippen molar-refractivity contribution in [1.29, 1.82) is 0 Å². The van der Waals surface area contributed by atoms with Crippen LogP contribution in [-0.2, 0) is 16.0 Å². The minimum atomic E-state index is -0.858. The summed E-state index contributed by atoms with van der Waals surface area (Å²) in [6, 6.07) is 13.1. The third kappa shape index (κ3) is 5.50. The second-order valence-corrected chi connectivity index (χ2v) is 10.6. The molecule has 0 aliphatic heterocycles. The quantitative estimate of drug-likeness (QED) is 0.273. The number of hydrogen-bond acceptors (Lipinski definition) is 7. The van der Waals surface area contributed by atoms with E-state index < -0.39 is 23.6 Å². The number of imidazole rings is 1. The molecule has 1 aliphatic rings. The molecule has 2 aromatic carbocycles. The summed E-state index contributed by atoms with van der Waals surface area (Å²) in [4.78, 5) is 45.3. The third-order valence-electron chi connectivity index (χ3n) is 7.22. The van der Waals surface area contributed by atoms with Crippen LogP contribution in [0.25, 0.3) is 10.8 Å². The van der Waals surface area contributed by atoms with Crippen LogP contribution in [0.15, 0.2) is 52.6 Å². The number of esters is 1. The molecule has 0 radical (unpaired) electrons. The third-order valence-corrected chi connectivity index (χ3v) is 7.98. The molecule has 9 nitrogen and oxygen atoms in total. The van der Waals surface area contributed by atoms with Crippen LogP contribution >= 0.6 is 11.3 Å². The summed E-state index contributed by atoms with van der Waals surface area (Å²) in [5.74, 6) is -0.974. The maximum absolute atomic E-state index is 13.7. The van der Waals surface area contributed by atoms with E-state index in [-0.39, 0.29) is 29.0 Å². The number of benzene rings is 2. The number of aromatic hydroxyl groups is 1. The van der Waals surface area contributed by atoms with Gasteiger partial charge in [0.1, 0.15) is 6.04 Å². The van der Waals surface area contributed by atoms with Crippen molar-refractivity contribution in [2.24, 2.45) is 5.92 Å². The molecule has 4 aromatic rings. The highest BCUT2D eigenvalue weighted by atomic mass is 32.1. The number of hydrogen-bond donors (Lipinski definition) is 3. The van der Waals surface area contributed by atoms with Crippen molar-refractivity contribution in [2.45, 2.75) is 51.0 Å². The predicted molar refractivity (Wildman–Crippen MR) is 146 cm³/mol. The van der Waals surface area contributed by atoms with Crippen molar-refractivity contribution in [3.63, 3.8) is 0 Å². The highest BCUT2D eigenvalue weighted by Gasteiger charge is 2.31. The molecule has 10 heteroatoms. The fourth-order valence-electron chi connectivity index (χ4n) is 5.30. The average molecular weight is 535 g/mol. The van der Waals surface area contributed by atoms with Crippen molar-refractivity contribution in [1.82, 2.24) is 14.5 Å². The van der Waals surface area contributed by atoms with E-state index in [1.165, 1.54) is 23.5 Å². The normalized spacial score (nSPS) is 14.9. The smallest absolute Gasteiger partial charge is 0.357 e. The Labute approximate surface area is 223 Å². The molecule has 2 aromatic heterocycles. The molecular formula is C28H30N4O5S. The van der Waals surface area contributed by atoms with Crippen molar-refractivity contribution in [3.8, 4) is 5.88 Å². The number of nitrogens with zero attached hydrogens (tertiary/aromatic N) is 2. The Morgan fingerprint density at radius 1 is 1.18 bits per heavy atom. The van der Waals surface area contributed by atoms with E-state index >= 15 is 0 Å². The zero-order chi connectivity index (χ0) is 26.6. The summed E-state index contributed by atoms with van der Waals surface area (Å²) < 4.78 is 6.10. The number of aromatic amines is 1. The predicted octanol–water partition coefficient (Wildman–Crippen LogP) is 5.02. The summed E-state index contributed by atoms with van der Waals surface area (Å²) in [6.45, 7) is 0. The number of nitrogens with one attached hydrogen (secondary N) is 2. The fraction of sp³-hybridized carbons (Fsp3) is 0.357. The molecule has 0 bridgehead atoms. The largest absolute Gasteiger partial charge is 0.493 e.